The van der Waals surface area contributed by atoms with E-state index in [2.05, 4.69) is 0 Å². The molecule has 0 atom stereocenters. The summed E-state index contributed by atoms with van der Waals surface area (Å²) in [6.07, 6.45) is 0. The van der Waals surface area contributed by atoms with Gasteiger partial charge in [0.05, 0.1) is 19.6 Å². The van der Waals surface area contributed by atoms with Gasteiger partial charge in [0.2, 0.25) is 11.2 Å². The van der Waals surface area contributed by atoms with E-state index in [1.807, 2.05) is 13.0 Å². The third kappa shape index (κ3) is 4.23. The van der Waals surface area contributed by atoms with Crippen molar-refractivity contribution >= 4 is 27.9 Å². The number of fused-ring (bicyclic) bond motifs is 2. The molecule has 0 bridgehead atoms. The average Bonchev–Trinajstić information content (AvgIpc) is 2.88. The Balaban J connectivity index is 1.72. The lowest BCUT2D eigenvalue weighted by Crippen LogP contribution is -2.22. The van der Waals surface area contributed by atoms with E-state index in [1.54, 1.807) is 55.5 Å². The molecule has 0 saturated heterocycles. The van der Waals surface area contributed by atoms with Crippen LogP contribution >= 0.6 is 0 Å². The van der Waals surface area contributed by atoms with Crippen molar-refractivity contribution in [2.75, 3.05) is 14.2 Å². The lowest BCUT2D eigenvalue weighted by atomic mass is 10.0. The van der Waals surface area contributed by atoms with E-state index in [9.17, 15) is 14.4 Å². The molecule has 0 N–H and O–H groups in total. The predicted molar refractivity (Wildman–Crippen MR) is 138 cm³/mol. The Kier molecular flexibility index (Phi) is 6.01. The van der Waals surface area contributed by atoms with Gasteiger partial charge in [0.25, 0.3) is 0 Å². The van der Waals surface area contributed by atoms with Gasteiger partial charge in [-0.25, -0.2) is 9.59 Å². The predicted octanol–water partition coefficient (Wildman–Crippen LogP) is 5.42. The van der Waals surface area contributed by atoms with E-state index in [0.29, 0.717) is 39.2 Å². The van der Waals surface area contributed by atoms with Crippen molar-refractivity contribution < 1.29 is 27.8 Å². The van der Waals surface area contributed by atoms with Crippen LogP contribution in [-0.4, -0.2) is 20.2 Å². The van der Waals surface area contributed by atoms with E-state index >= 15 is 0 Å². The second kappa shape index (κ2) is 9.31. The topological polar surface area (TPSA) is 105 Å². The second-order valence-electron chi connectivity index (χ2n) is 8.49. The normalized spacial score (nSPS) is 11.0. The zero-order valence-corrected chi connectivity index (χ0v) is 20.5. The van der Waals surface area contributed by atoms with E-state index in [4.69, 9.17) is 23.0 Å². The minimum atomic E-state index is -1.04. The molecule has 8 heteroatoms. The molecule has 0 amide bonds. The van der Waals surface area contributed by atoms with E-state index in [-0.39, 0.29) is 22.5 Å². The van der Waals surface area contributed by atoms with Crippen molar-refractivity contribution in [3.05, 3.63) is 98.0 Å². The number of methoxy groups -OCH3 is 2. The Labute approximate surface area is 210 Å². The van der Waals surface area contributed by atoms with Crippen molar-refractivity contribution in [3.63, 3.8) is 0 Å². The Morgan fingerprint density at radius 3 is 2.32 bits per heavy atom. The smallest absolute Gasteiger partial charge is 0.351 e. The molecule has 0 radical (unpaired) electrons. The number of aryl methyl sites for hydroxylation is 2. The number of benzene rings is 3. The van der Waals surface area contributed by atoms with Crippen LogP contribution in [-0.2, 0) is 0 Å². The van der Waals surface area contributed by atoms with Gasteiger partial charge in [-0.15, -0.1) is 0 Å². The molecule has 186 valence electrons. The highest BCUT2D eigenvalue weighted by atomic mass is 16.5. The third-order valence-electron chi connectivity index (χ3n) is 6.00. The van der Waals surface area contributed by atoms with Crippen LogP contribution in [0.5, 0.6) is 17.2 Å². The van der Waals surface area contributed by atoms with Crippen LogP contribution < -0.4 is 25.3 Å². The molecule has 0 aliphatic heterocycles. The minimum Gasteiger partial charge on any atom is -0.493 e. The number of carbonyl (C=O) groups excluding carboxylic acids is 1. The molecule has 2 aromatic heterocycles. The Bertz CT molecular complexity index is 1810. The Morgan fingerprint density at radius 2 is 1.57 bits per heavy atom. The summed E-state index contributed by atoms with van der Waals surface area (Å²) in [7, 11) is 2.98. The molecule has 0 spiro atoms. The lowest BCUT2D eigenvalue weighted by molar-refractivity contribution is 0.0727. The largest absolute Gasteiger partial charge is 0.493 e. The average molecular weight is 498 g/mol. The van der Waals surface area contributed by atoms with Crippen molar-refractivity contribution in [1.29, 1.82) is 0 Å². The quantitative estimate of drug-likeness (QED) is 0.234. The molecule has 0 unspecified atom stereocenters. The van der Waals surface area contributed by atoms with Crippen LogP contribution in [0.25, 0.3) is 33.3 Å². The maximum absolute atomic E-state index is 13.7. The summed E-state index contributed by atoms with van der Waals surface area (Å²) in [6.45, 7) is 3.65. The maximum Gasteiger partial charge on any atom is 0.351 e. The summed E-state index contributed by atoms with van der Waals surface area (Å²) in [5, 5.41) is 0.800. The zero-order valence-electron chi connectivity index (χ0n) is 20.5. The SMILES string of the molecule is COc1ccc(-c2oc3cc(C)cc(C)c3c(=O)c2OC(=O)c2cc3ccccc3oc2=O)cc1OC. The molecule has 5 rings (SSSR count). The second-order valence-corrected chi connectivity index (χ2v) is 8.49. The highest BCUT2D eigenvalue weighted by molar-refractivity contribution is 5.95. The van der Waals surface area contributed by atoms with Crippen LogP contribution in [0.1, 0.15) is 21.5 Å². The first-order valence-electron chi connectivity index (χ1n) is 11.4. The summed E-state index contributed by atoms with van der Waals surface area (Å²) >= 11 is 0. The van der Waals surface area contributed by atoms with Crippen molar-refractivity contribution in [1.82, 2.24) is 0 Å². The van der Waals surface area contributed by atoms with Gasteiger partial charge >= 0.3 is 11.6 Å². The zero-order chi connectivity index (χ0) is 26.3. The molecule has 0 aliphatic carbocycles. The lowest BCUT2D eigenvalue weighted by Gasteiger charge is -2.14. The molecular weight excluding hydrogens is 476 g/mol. The Hall–Kier alpha value is -4.85. The van der Waals surface area contributed by atoms with Gasteiger partial charge in [0.1, 0.15) is 16.7 Å². The summed E-state index contributed by atoms with van der Waals surface area (Å²) < 4.78 is 27.7. The van der Waals surface area contributed by atoms with Crippen LogP contribution in [0.3, 0.4) is 0 Å². The highest BCUT2D eigenvalue weighted by Gasteiger charge is 2.25. The summed E-state index contributed by atoms with van der Waals surface area (Å²) in [5.41, 5.74) is 0.829. The monoisotopic (exact) mass is 498 g/mol. The number of carbonyl (C=O) groups is 1. The van der Waals surface area contributed by atoms with Gasteiger partial charge < -0.3 is 23.0 Å². The van der Waals surface area contributed by atoms with Gasteiger partial charge in [-0.3, -0.25) is 4.79 Å². The first-order chi connectivity index (χ1) is 17.8. The molecule has 0 fully saturated rings. The highest BCUT2D eigenvalue weighted by Crippen LogP contribution is 2.37. The molecule has 5 aromatic rings. The Morgan fingerprint density at radius 1 is 0.811 bits per heavy atom. The van der Waals surface area contributed by atoms with Gasteiger partial charge in [-0.2, -0.15) is 0 Å². The molecule has 0 saturated carbocycles. The summed E-state index contributed by atoms with van der Waals surface area (Å²) in [5.74, 6) is -0.548. The number of hydrogen-bond acceptors (Lipinski definition) is 8. The van der Waals surface area contributed by atoms with Gasteiger partial charge in [-0.05, 0) is 61.4 Å². The maximum atomic E-state index is 13.7. The standard InChI is InChI=1S/C29H22O8/c1-15-11-16(2)24-23(12-15)35-26(18-9-10-21(33-3)22(14-18)34-4)27(25(24)30)37-29(32)19-13-17-7-5-6-8-20(17)36-28(19)31/h5-14H,1-4H3. The van der Waals surface area contributed by atoms with Crippen molar-refractivity contribution in [2.45, 2.75) is 13.8 Å². The molecule has 2 heterocycles. The molecule has 8 nitrogen and oxygen atoms in total. The fourth-order valence-corrected chi connectivity index (χ4v) is 4.29. The molecule has 37 heavy (non-hydrogen) atoms. The number of esters is 1. The van der Waals surface area contributed by atoms with Gasteiger partial charge in [-0.1, -0.05) is 24.3 Å². The number of rotatable bonds is 5. The molecule has 3 aromatic carbocycles. The third-order valence-corrected chi connectivity index (χ3v) is 6.00. The van der Waals surface area contributed by atoms with E-state index < -0.39 is 17.0 Å². The number of hydrogen-bond donors (Lipinski definition) is 0. The number of ether oxygens (including phenoxy) is 3. The first kappa shape index (κ1) is 23.9. The van der Waals surface area contributed by atoms with E-state index in [1.165, 1.54) is 20.3 Å². The van der Waals surface area contributed by atoms with Crippen molar-refractivity contribution in [3.8, 4) is 28.6 Å². The first-order valence-corrected chi connectivity index (χ1v) is 11.4. The summed E-state index contributed by atoms with van der Waals surface area (Å²) in [4.78, 5) is 39.5. The number of para-hydroxylation sites is 1. The molecule has 0 aliphatic rings. The van der Waals surface area contributed by atoms with Crippen LogP contribution in [0, 0.1) is 13.8 Å². The van der Waals surface area contributed by atoms with Crippen molar-refractivity contribution in [2.24, 2.45) is 0 Å². The van der Waals surface area contributed by atoms with Gasteiger partial charge in [0, 0.05) is 10.9 Å². The summed E-state index contributed by atoms with van der Waals surface area (Å²) in [6, 6.07) is 16.6. The fourth-order valence-electron chi connectivity index (χ4n) is 4.29. The van der Waals surface area contributed by atoms with Crippen LogP contribution in [0.4, 0.5) is 0 Å². The van der Waals surface area contributed by atoms with E-state index in [0.717, 1.165) is 5.56 Å². The minimum absolute atomic E-state index is 0.00183. The fraction of sp³-hybridized carbons (Fsp3) is 0.138. The van der Waals surface area contributed by atoms with Crippen LogP contribution in [0.15, 0.2) is 79.1 Å². The molecular formula is C29H22O8. The van der Waals surface area contributed by atoms with Crippen LogP contribution in [0.2, 0.25) is 0 Å². The van der Waals surface area contributed by atoms with Gasteiger partial charge in [0.15, 0.2) is 17.3 Å².